The van der Waals surface area contributed by atoms with E-state index in [1.807, 2.05) is 0 Å². The van der Waals surface area contributed by atoms with Crippen LogP contribution < -0.4 is 0 Å². The summed E-state index contributed by atoms with van der Waals surface area (Å²) in [5, 5.41) is 18.2. The molecule has 2 atom stereocenters. The van der Waals surface area contributed by atoms with Gasteiger partial charge in [-0.05, 0) is 13.3 Å². The number of aliphatic hydroxyl groups is 2. The van der Waals surface area contributed by atoms with E-state index < -0.39 is 11.9 Å². The third-order valence-electron chi connectivity index (χ3n) is 1.57. The fourth-order valence-electron chi connectivity index (χ4n) is 0.952. The Morgan fingerprint density at radius 1 is 1.67 bits per heavy atom. The van der Waals surface area contributed by atoms with Crippen LogP contribution in [0.3, 0.4) is 0 Å². The third kappa shape index (κ3) is 1.93. The van der Waals surface area contributed by atoms with Crippen LogP contribution in [-0.4, -0.2) is 28.7 Å². The fourth-order valence-corrected chi connectivity index (χ4v) is 0.952. The second-order valence-electron chi connectivity index (χ2n) is 2.78. The lowest BCUT2D eigenvalue weighted by atomic mass is 9.96. The lowest BCUT2D eigenvalue weighted by molar-refractivity contribution is -0.179. The van der Waals surface area contributed by atoms with Gasteiger partial charge >= 0.3 is 0 Å². The molecule has 0 radical (unpaired) electrons. The molecule has 3 heteroatoms. The Kier molecular flexibility index (Phi) is 1.75. The van der Waals surface area contributed by atoms with Crippen LogP contribution in [0.1, 0.15) is 19.8 Å². The number of ether oxygens (including phenoxy) is 1. The van der Waals surface area contributed by atoms with E-state index in [0.717, 1.165) is 0 Å². The lowest BCUT2D eigenvalue weighted by Crippen LogP contribution is -2.37. The molecule has 2 N–H and O–H groups in total. The molecule has 0 aromatic rings. The van der Waals surface area contributed by atoms with Gasteiger partial charge in [0.1, 0.15) is 0 Å². The Bertz CT molecular complexity index is 100. The molecule has 0 aromatic carbocycles. The molecule has 0 aliphatic carbocycles. The van der Waals surface area contributed by atoms with Gasteiger partial charge in [-0.25, -0.2) is 0 Å². The van der Waals surface area contributed by atoms with Crippen LogP contribution in [0.15, 0.2) is 0 Å². The highest BCUT2D eigenvalue weighted by molar-refractivity contribution is 4.76. The molecule has 0 bridgehead atoms. The Labute approximate surface area is 54.3 Å². The summed E-state index contributed by atoms with van der Waals surface area (Å²) in [7, 11) is 0. The zero-order valence-electron chi connectivity index (χ0n) is 5.50. The maximum atomic E-state index is 9.30. The first kappa shape index (κ1) is 6.99. The first-order valence-electron chi connectivity index (χ1n) is 3.12. The molecule has 54 valence electrons. The van der Waals surface area contributed by atoms with Crippen molar-refractivity contribution in [3.8, 4) is 0 Å². The second kappa shape index (κ2) is 2.25. The van der Waals surface area contributed by atoms with Gasteiger partial charge in [0.15, 0.2) is 6.29 Å². The normalized spacial score (nSPS) is 45.0. The molecule has 1 unspecified atom stereocenters. The second-order valence-corrected chi connectivity index (χ2v) is 2.78. The predicted octanol–water partition coefficient (Wildman–Crippen LogP) is -0.134. The molecule has 9 heavy (non-hydrogen) atoms. The Morgan fingerprint density at radius 3 is 2.67 bits per heavy atom. The van der Waals surface area contributed by atoms with E-state index in [1.54, 1.807) is 6.92 Å². The molecule has 1 fully saturated rings. The molecule has 3 nitrogen and oxygen atoms in total. The van der Waals surface area contributed by atoms with Crippen molar-refractivity contribution in [2.24, 2.45) is 0 Å². The fraction of sp³-hybridized carbons (Fsp3) is 1.00. The topological polar surface area (TPSA) is 49.7 Å². The zero-order chi connectivity index (χ0) is 6.91. The average Bonchev–Trinajstić information content (AvgIpc) is 1.60. The van der Waals surface area contributed by atoms with Gasteiger partial charge in [-0.1, -0.05) is 0 Å². The highest BCUT2D eigenvalue weighted by atomic mass is 16.6. The summed E-state index contributed by atoms with van der Waals surface area (Å²) in [5.41, 5.74) is -0.725. The van der Waals surface area contributed by atoms with Crippen molar-refractivity contribution in [1.82, 2.24) is 0 Å². The molecule has 0 saturated carbocycles. The van der Waals surface area contributed by atoms with Crippen LogP contribution in [0.25, 0.3) is 0 Å². The van der Waals surface area contributed by atoms with Crippen LogP contribution >= 0.6 is 0 Å². The molecule has 0 spiro atoms. The maximum Gasteiger partial charge on any atom is 0.157 e. The van der Waals surface area contributed by atoms with Crippen LogP contribution in [0.2, 0.25) is 0 Å². The van der Waals surface area contributed by atoms with Crippen LogP contribution in [0.5, 0.6) is 0 Å². The molecule has 1 aliphatic heterocycles. The summed E-state index contributed by atoms with van der Waals surface area (Å²) in [4.78, 5) is 0. The first-order chi connectivity index (χ1) is 4.10. The van der Waals surface area contributed by atoms with E-state index in [4.69, 9.17) is 9.84 Å². The quantitative estimate of drug-likeness (QED) is 0.482. The molecule has 0 amide bonds. The van der Waals surface area contributed by atoms with Crippen LogP contribution in [0, 0.1) is 0 Å². The van der Waals surface area contributed by atoms with Crippen molar-refractivity contribution in [3.63, 3.8) is 0 Å². The van der Waals surface area contributed by atoms with Gasteiger partial charge in [-0.15, -0.1) is 0 Å². The Morgan fingerprint density at radius 2 is 2.33 bits per heavy atom. The Hall–Kier alpha value is -0.120. The SMILES string of the molecule is C[C@@]1(O)CCOC(O)C1. The molecular weight excluding hydrogens is 120 g/mol. The van der Waals surface area contributed by atoms with Gasteiger partial charge < -0.3 is 14.9 Å². The predicted molar refractivity (Wildman–Crippen MR) is 31.8 cm³/mol. The molecule has 1 rings (SSSR count). The third-order valence-corrected chi connectivity index (χ3v) is 1.57. The lowest BCUT2D eigenvalue weighted by Gasteiger charge is -2.30. The molecule has 1 aliphatic rings. The number of aliphatic hydroxyl groups excluding tert-OH is 1. The number of hydrogen-bond acceptors (Lipinski definition) is 3. The smallest absolute Gasteiger partial charge is 0.157 e. The standard InChI is InChI=1S/C6H12O3/c1-6(8)2-3-9-5(7)4-6/h5,7-8H,2-4H2,1H3/t5?,6-/m1/s1. The van der Waals surface area contributed by atoms with Gasteiger partial charge in [-0.3, -0.25) is 0 Å². The van der Waals surface area contributed by atoms with Gasteiger partial charge in [0, 0.05) is 6.42 Å². The van der Waals surface area contributed by atoms with Crippen LogP contribution in [0.4, 0.5) is 0 Å². The van der Waals surface area contributed by atoms with E-state index >= 15 is 0 Å². The van der Waals surface area contributed by atoms with Gasteiger partial charge in [0.05, 0.1) is 12.2 Å². The van der Waals surface area contributed by atoms with Crippen LogP contribution in [-0.2, 0) is 4.74 Å². The van der Waals surface area contributed by atoms with E-state index in [2.05, 4.69) is 0 Å². The van der Waals surface area contributed by atoms with Crippen molar-refractivity contribution in [3.05, 3.63) is 0 Å². The van der Waals surface area contributed by atoms with Gasteiger partial charge in [0.2, 0.25) is 0 Å². The van der Waals surface area contributed by atoms with Crippen molar-refractivity contribution < 1.29 is 14.9 Å². The average molecular weight is 132 g/mol. The zero-order valence-corrected chi connectivity index (χ0v) is 5.50. The highest BCUT2D eigenvalue weighted by Gasteiger charge is 2.28. The maximum absolute atomic E-state index is 9.30. The van der Waals surface area contributed by atoms with Crippen molar-refractivity contribution in [1.29, 1.82) is 0 Å². The highest BCUT2D eigenvalue weighted by Crippen LogP contribution is 2.22. The summed E-state index contributed by atoms with van der Waals surface area (Å²) in [6.07, 6.45) is 0.172. The van der Waals surface area contributed by atoms with E-state index in [1.165, 1.54) is 0 Å². The summed E-state index contributed by atoms with van der Waals surface area (Å²) < 4.78 is 4.81. The molecule has 0 aromatic heterocycles. The largest absolute Gasteiger partial charge is 0.390 e. The molecular formula is C6H12O3. The van der Waals surface area contributed by atoms with Gasteiger partial charge in [0.25, 0.3) is 0 Å². The minimum Gasteiger partial charge on any atom is -0.390 e. The molecule has 1 heterocycles. The summed E-state index contributed by atoms with van der Waals surface area (Å²) in [6.45, 7) is 2.16. The van der Waals surface area contributed by atoms with Crippen molar-refractivity contribution in [2.75, 3.05) is 6.61 Å². The number of hydrogen-bond donors (Lipinski definition) is 2. The monoisotopic (exact) mass is 132 g/mol. The minimum absolute atomic E-state index is 0.326. The summed E-state index contributed by atoms with van der Waals surface area (Å²) in [6, 6.07) is 0. The summed E-state index contributed by atoms with van der Waals surface area (Å²) >= 11 is 0. The minimum atomic E-state index is -0.770. The van der Waals surface area contributed by atoms with Gasteiger partial charge in [-0.2, -0.15) is 0 Å². The summed E-state index contributed by atoms with van der Waals surface area (Å²) in [5.74, 6) is 0. The first-order valence-corrected chi connectivity index (χ1v) is 3.12. The van der Waals surface area contributed by atoms with E-state index in [9.17, 15) is 5.11 Å². The Balaban J connectivity index is 2.41. The van der Waals surface area contributed by atoms with Crippen molar-refractivity contribution in [2.45, 2.75) is 31.7 Å². The molecule has 1 saturated heterocycles. The number of rotatable bonds is 0. The van der Waals surface area contributed by atoms with Crippen molar-refractivity contribution >= 4 is 0 Å². The van der Waals surface area contributed by atoms with E-state index in [0.29, 0.717) is 19.4 Å². The van der Waals surface area contributed by atoms with E-state index in [-0.39, 0.29) is 0 Å².